The van der Waals surface area contributed by atoms with Gasteiger partial charge in [0.1, 0.15) is 9.84 Å². The predicted octanol–water partition coefficient (Wildman–Crippen LogP) is 0.811. The normalized spacial score (nSPS) is 11.8. The first-order valence-corrected chi connectivity index (χ1v) is 6.35. The Morgan fingerprint density at radius 2 is 1.83 bits per heavy atom. The highest BCUT2D eigenvalue weighted by Crippen LogP contribution is 1.95. The zero-order chi connectivity index (χ0) is 9.45. The van der Waals surface area contributed by atoms with E-state index in [0.717, 1.165) is 25.9 Å². The first-order valence-electron chi connectivity index (χ1n) is 4.53. The van der Waals surface area contributed by atoms with Gasteiger partial charge in [0.2, 0.25) is 0 Å². The Labute approximate surface area is 75.5 Å². The summed E-state index contributed by atoms with van der Waals surface area (Å²) in [6.07, 6.45) is 1.73. The summed E-state index contributed by atoms with van der Waals surface area (Å²) in [6.45, 7) is 5.62. The van der Waals surface area contributed by atoms with Crippen molar-refractivity contribution in [3.05, 3.63) is 0 Å². The van der Waals surface area contributed by atoms with Gasteiger partial charge in [-0.3, -0.25) is 0 Å². The fourth-order valence-corrected chi connectivity index (χ4v) is 1.83. The SMILES string of the molecule is CCNCCCCS(=O)(=O)CC. The molecular formula is C8H19NO2S. The second-order valence-electron chi connectivity index (χ2n) is 2.80. The van der Waals surface area contributed by atoms with Crippen LogP contribution in [-0.2, 0) is 9.84 Å². The first kappa shape index (κ1) is 11.9. The number of hydrogen-bond acceptors (Lipinski definition) is 3. The average Bonchev–Trinajstić information content (AvgIpc) is 2.04. The first-order chi connectivity index (χ1) is 5.62. The van der Waals surface area contributed by atoms with Crippen LogP contribution in [0.25, 0.3) is 0 Å². The number of unbranched alkanes of at least 4 members (excludes halogenated alkanes) is 1. The minimum atomic E-state index is -2.73. The summed E-state index contributed by atoms with van der Waals surface area (Å²) < 4.78 is 22.0. The molecule has 0 amide bonds. The Morgan fingerprint density at radius 3 is 2.33 bits per heavy atom. The molecule has 0 atom stereocenters. The Kier molecular flexibility index (Phi) is 6.38. The van der Waals surface area contributed by atoms with Crippen LogP contribution in [0.2, 0.25) is 0 Å². The third-order valence-corrected chi connectivity index (χ3v) is 3.54. The van der Waals surface area contributed by atoms with Crippen molar-refractivity contribution in [2.45, 2.75) is 26.7 Å². The summed E-state index contributed by atoms with van der Waals surface area (Å²) in [4.78, 5) is 0. The van der Waals surface area contributed by atoms with Crippen molar-refractivity contribution in [2.24, 2.45) is 0 Å². The van der Waals surface area contributed by atoms with Crippen molar-refractivity contribution in [1.29, 1.82) is 0 Å². The van der Waals surface area contributed by atoms with E-state index in [-0.39, 0.29) is 5.75 Å². The lowest BCUT2D eigenvalue weighted by molar-refractivity contribution is 0.589. The zero-order valence-corrected chi connectivity index (χ0v) is 8.78. The van der Waals surface area contributed by atoms with Crippen molar-refractivity contribution < 1.29 is 8.42 Å². The minimum absolute atomic E-state index is 0.272. The molecule has 4 heteroatoms. The molecule has 74 valence electrons. The molecule has 0 aliphatic carbocycles. The van der Waals surface area contributed by atoms with E-state index >= 15 is 0 Å². The smallest absolute Gasteiger partial charge is 0.150 e. The van der Waals surface area contributed by atoms with Crippen LogP contribution >= 0.6 is 0 Å². The van der Waals surface area contributed by atoms with E-state index in [2.05, 4.69) is 5.32 Å². The molecule has 0 fully saturated rings. The number of rotatable bonds is 7. The monoisotopic (exact) mass is 193 g/mol. The van der Waals surface area contributed by atoms with E-state index in [1.165, 1.54) is 0 Å². The summed E-state index contributed by atoms with van der Waals surface area (Å²) in [5, 5.41) is 3.16. The molecule has 3 nitrogen and oxygen atoms in total. The van der Waals surface area contributed by atoms with Gasteiger partial charge < -0.3 is 5.32 Å². The van der Waals surface area contributed by atoms with Crippen molar-refractivity contribution in [1.82, 2.24) is 5.32 Å². The predicted molar refractivity (Wildman–Crippen MR) is 52.1 cm³/mol. The van der Waals surface area contributed by atoms with E-state index < -0.39 is 9.84 Å². The maximum Gasteiger partial charge on any atom is 0.150 e. The molecule has 0 spiro atoms. The van der Waals surface area contributed by atoms with Gasteiger partial charge in [0.15, 0.2) is 0 Å². The van der Waals surface area contributed by atoms with E-state index in [1.54, 1.807) is 6.92 Å². The Balaban J connectivity index is 3.32. The summed E-state index contributed by atoms with van der Waals surface area (Å²) >= 11 is 0. The van der Waals surface area contributed by atoms with Gasteiger partial charge in [0.05, 0.1) is 5.75 Å². The molecule has 0 saturated heterocycles. The maximum absolute atomic E-state index is 11.0. The van der Waals surface area contributed by atoms with Crippen molar-refractivity contribution in [3.63, 3.8) is 0 Å². The standard InChI is InChI=1S/C8H19NO2S/c1-3-9-7-5-6-8-12(10,11)4-2/h9H,3-8H2,1-2H3. The van der Waals surface area contributed by atoms with Crippen LogP contribution in [0.4, 0.5) is 0 Å². The average molecular weight is 193 g/mol. The van der Waals surface area contributed by atoms with Gasteiger partial charge in [-0.15, -0.1) is 0 Å². The van der Waals surface area contributed by atoms with Crippen LogP contribution in [0.5, 0.6) is 0 Å². The van der Waals surface area contributed by atoms with E-state index in [0.29, 0.717) is 5.75 Å². The molecule has 0 rings (SSSR count). The van der Waals surface area contributed by atoms with Crippen LogP contribution in [-0.4, -0.2) is 33.0 Å². The third-order valence-electron chi connectivity index (χ3n) is 1.75. The Bertz CT molecular complexity index is 187. The lowest BCUT2D eigenvalue weighted by atomic mass is 10.3. The molecule has 0 bridgehead atoms. The molecule has 0 saturated carbocycles. The fourth-order valence-electron chi connectivity index (χ4n) is 0.893. The van der Waals surface area contributed by atoms with Gasteiger partial charge in [-0.2, -0.15) is 0 Å². The van der Waals surface area contributed by atoms with Crippen molar-refractivity contribution in [3.8, 4) is 0 Å². The lowest BCUT2D eigenvalue weighted by Crippen LogP contribution is -2.16. The molecule has 0 heterocycles. The second kappa shape index (κ2) is 6.43. The topological polar surface area (TPSA) is 46.2 Å². The van der Waals surface area contributed by atoms with Crippen LogP contribution in [0.3, 0.4) is 0 Å². The molecule has 1 N–H and O–H groups in total. The Morgan fingerprint density at radius 1 is 1.17 bits per heavy atom. The van der Waals surface area contributed by atoms with Crippen molar-refractivity contribution >= 4 is 9.84 Å². The molecule has 0 aromatic heterocycles. The summed E-state index contributed by atoms with van der Waals surface area (Å²) in [7, 11) is -2.73. The van der Waals surface area contributed by atoms with Gasteiger partial charge in [-0.1, -0.05) is 13.8 Å². The van der Waals surface area contributed by atoms with E-state index in [9.17, 15) is 8.42 Å². The highest BCUT2D eigenvalue weighted by atomic mass is 32.2. The molecule has 12 heavy (non-hydrogen) atoms. The maximum atomic E-state index is 11.0. The Hall–Kier alpha value is -0.0900. The van der Waals surface area contributed by atoms with E-state index in [1.807, 2.05) is 6.92 Å². The number of hydrogen-bond donors (Lipinski definition) is 1. The van der Waals surface area contributed by atoms with Gasteiger partial charge in [0, 0.05) is 5.75 Å². The molecule has 0 aliphatic rings. The molecule has 0 unspecified atom stereocenters. The van der Waals surface area contributed by atoms with Crippen LogP contribution in [0, 0.1) is 0 Å². The van der Waals surface area contributed by atoms with E-state index in [4.69, 9.17) is 0 Å². The molecular weight excluding hydrogens is 174 g/mol. The highest BCUT2D eigenvalue weighted by molar-refractivity contribution is 7.91. The van der Waals surface area contributed by atoms with Gasteiger partial charge in [-0.25, -0.2) is 8.42 Å². The quantitative estimate of drug-likeness (QED) is 0.609. The van der Waals surface area contributed by atoms with Gasteiger partial charge in [0.25, 0.3) is 0 Å². The molecule has 0 aliphatic heterocycles. The lowest BCUT2D eigenvalue weighted by Gasteiger charge is -2.01. The van der Waals surface area contributed by atoms with Crippen LogP contribution < -0.4 is 5.32 Å². The molecule has 0 aromatic carbocycles. The summed E-state index contributed by atoms with van der Waals surface area (Å²) in [5.74, 6) is 0.614. The largest absolute Gasteiger partial charge is 0.317 e. The molecule has 0 aromatic rings. The number of sulfone groups is 1. The zero-order valence-electron chi connectivity index (χ0n) is 7.97. The van der Waals surface area contributed by atoms with Crippen LogP contribution in [0.1, 0.15) is 26.7 Å². The van der Waals surface area contributed by atoms with Crippen LogP contribution in [0.15, 0.2) is 0 Å². The fraction of sp³-hybridized carbons (Fsp3) is 1.00. The van der Waals surface area contributed by atoms with Crippen molar-refractivity contribution in [2.75, 3.05) is 24.6 Å². The third kappa shape index (κ3) is 6.61. The second-order valence-corrected chi connectivity index (χ2v) is 5.27. The van der Waals surface area contributed by atoms with Gasteiger partial charge >= 0.3 is 0 Å². The highest BCUT2D eigenvalue weighted by Gasteiger charge is 2.05. The summed E-state index contributed by atoms with van der Waals surface area (Å²) in [6, 6.07) is 0. The molecule has 0 radical (unpaired) electrons. The summed E-state index contributed by atoms with van der Waals surface area (Å²) in [5.41, 5.74) is 0. The minimum Gasteiger partial charge on any atom is -0.317 e. The number of nitrogens with one attached hydrogen (secondary N) is 1. The van der Waals surface area contributed by atoms with Gasteiger partial charge in [-0.05, 0) is 25.9 Å².